The third-order valence-corrected chi connectivity index (χ3v) is 5.68. The third-order valence-electron chi connectivity index (χ3n) is 4.44. The Hall–Kier alpha value is -2.02. The van der Waals surface area contributed by atoms with Crippen molar-refractivity contribution in [2.45, 2.75) is 11.5 Å². The predicted octanol–water partition coefficient (Wildman–Crippen LogP) is 3.54. The number of aliphatic imine (C=N–C) groups is 1. The molecule has 0 radical (unpaired) electrons. The molecule has 25 heavy (non-hydrogen) atoms. The van der Waals surface area contributed by atoms with Crippen molar-refractivity contribution < 1.29 is 9.47 Å². The first-order valence-corrected chi connectivity index (χ1v) is 9.17. The molecule has 2 aromatic rings. The molecular weight excluding hydrogens is 334 g/mol. The van der Waals surface area contributed by atoms with Crippen LogP contribution in [0.2, 0.25) is 0 Å². The SMILES string of the molecule is COC(OC)C1CN=C(c2cc3cccc(N4C=CC=CC4)c3[nH]2)S1. The summed E-state index contributed by atoms with van der Waals surface area (Å²) in [4.78, 5) is 10.5. The highest BCUT2D eigenvalue weighted by atomic mass is 32.2. The molecule has 5 nitrogen and oxygen atoms in total. The summed E-state index contributed by atoms with van der Waals surface area (Å²) in [7, 11) is 3.34. The molecule has 0 spiro atoms. The van der Waals surface area contributed by atoms with Gasteiger partial charge in [-0.3, -0.25) is 4.99 Å². The maximum atomic E-state index is 5.38. The predicted molar refractivity (Wildman–Crippen MR) is 105 cm³/mol. The number of ether oxygens (including phenoxy) is 2. The van der Waals surface area contributed by atoms with E-state index in [2.05, 4.69) is 58.6 Å². The number of hydrogen-bond donors (Lipinski definition) is 1. The van der Waals surface area contributed by atoms with Gasteiger partial charge in [0.25, 0.3) is 0 Å². The molecule has 0 saturated heterocycles. The molecule has 0 saturated carbocycles. The highest BCUT2D eigenvalue weighted by Crippen LogP contribution is 2.33. The van der Waals surface area contributed by atoms with Gasteiger partial charge < -0.3 is 19.4 Å². The molecule has 1 aromatic carbocycles. The van der Waals surface area contributed by atoms with Gasteiger partial charge >= 0.3 is 0 Å². The Bertz CT molecular complexity index is 851. The number of rotatable bonds is 5. The molecule has 2 aliphatic heterocycles. The summed E-state index contributed by atoms with van der Waals surface area (Å²) in [6.45, 7) is 1.58. The van der Waals surface area contributed by atoms with Crippen LogP contribution in [0.4, 0.5) is 5.69 Å². The van der Waals surface area contributed by atoms with Crippen molar-refractivity contribution >= 4 is 33.4 Å². The standard InChI is InChI=1S/C19H21N3O2S/c1-23-19(24-2)16-12-20-18(25-16)14-11-13-7-6-8-15(17(13)21-14)22-9-4-3-5-10-22/h3-9,11,16,19,21H,10,12H2,1-2H3. The molecular formula is C19H21N3O2S. The van der Waals surface area contributed by atoms with E-state index in [1.807, 2.05) is 0 Å². The van der Waals surface area contributed by atoms with Crippen LogP contribution in [0, 0.1) is 0 Å². The summed E-state index contributed by atoms with van der Waals surface area (Å²) in [6.07, 6.45) is 8.15. The Balaban J connectivity index is 1.62. The van der Waals surface area contributed by atoms with E-state index in [-0.39, 0.29) is 11.5 Å². The maximum Gasteiger partial charge on any atom is 0.170 e. The van der Waals surface area contributed by atoms with Gasteiger partial charge in [0.1, 0.15) is 5.04 Å². The fraction of sp³-hybridized carbons (Fsp3) is 0.316. The highest BCUT2D eigenvalue weighted by molar-refractivity contribution is 8.15. The molecule has 0 aliphatic carbocycles. The number of thioether (sulfide) groups is 1. The quantitative estimate of drug-likeness (QED) is 0.834. The molecule has 2 aliphatic rings. The van der Waals surface area contributed by atoms with Gasteiger partial charge in [-0.2, -0.15) is 0 Å². The van der Waals surface area contributed by atoms with Crippen LogP contribution >= 0.6 is 11.8 Å². The van der Waals surface area contributed by atoms with Gasteiger partial charge in [0.05, 0.1) is 28.7 Å². The highest BCUT2D eigenvalue weighted by Gasteiger charge is 2.29. The lowest BCUT2D eigenvalue weighted by Gasteiger charge is -2.21. The Morgan fingerprint density at radius 3 is 2.92 bits per heavy atom. The van der Waals surface area contributed by atoms with Crippen molar-refractivity contribution in [1.29, 1.82) is 0 Å². The van der Waals surface area contributed by atoms with E-state index in [0.717, 1.165) is 22.8 Å². The minimum atomic E-state index is -0.239. The molecule has 3 heterocycles. The van der Waals surface area contributed by atoms with E-state index in [1.54, 1.807) is 26.0 Å². The second-order valence-electron chi connectivity index (χ2n) is 5.99. The summed E-state index contributed by atoms with van der Waals surface area (Å²) in [5, 5.41) is 2.39. The second kappa shape index (κ2) is 7.07. The number of H-pyrrole nitrogens is 1. The molecule has 0 bridgehead atoms. The number of hydrogen-bond acceptors (Lipinski definition) is 5. The smallest absolute Gasteiger partial charge is 0.170 e. The van der Waals surface area contributed by atoms with Gasteiger partial charge in [-0.05, 0) is 18.2 Å². The molecule has 1 unspecified atom stereocenters. The van der Waals surface area contributed by atoms with E-state index in [0.29, 0.717) is 6.54 Å². The first kappa shape index (κ1) is 16.4. The van der Waals surface area contributed by atoms with Crippen LogP contribution in [0.5, 0.6) is 0 Å². The van der Waals surface area contributed by atoms with Crippen molar-refractivity contribution in [2.75, 3.05) is 32.2 Å². The zero-order valence-corrected chi connectivity index (χ0v) is 15.1. The monoisotopic (exact) mass is 355 g/mol. The fourth-order valence-corrected chi connectivity index (χ4v) is 4.38. The van der Waals surface area contributed by atoms with Crippen molar-refractivity contribution in [2.24, 2.45) is 4.99 Å². The number of aromatic amines is 1. The molecule has 1 aromatic heterocycles. The lowest BCUT2D eigenvalue weighted by Crippen LogP contribution is -2.28. The largest absolute Gasteiger partial charge is 0.355 e. The van der Waals surface area contributed by atoms with Gasteiger partial charge in [0.15, 0.2) is 6.29 Å². The van der Waals surface area contributed by atoms with Crippen LogP contribution in [0.25, 0.3) is 10.9 Å². The van der Waals surface area contributed by atoms with Crippen molar-refractivity contribution in [3.05, 3.63) is 54.4 Å². The maximum absolute atomic E-state index is 5.38. The van der Waals surface area contributed by atoms with Crippen LogP contribution < -0.4 is 4.90 Å². The van der Waals surface area contributed by atoms with Gasteiger partial charge in [-0.15, -0.1) is 0 Å². The third kappa shape index (κ3) is 3.13. The van der Waals surface area contributed by atoms with Crippen molar-refractivity contribution in [3.8, 4) is 0 Å². The minimum absolute atomic E-state index is 0.186. The lowest BCUT2D eigenvalue weighted by atomic mass is 10.2. The zero-order valence-electron chi connectivity index (χ0n) is 14.3. The summed E-state index contributed by atoms with van der Waals surface area (Å²) in [5.41, 5.74) is 3.37. The molecule has 0 fully saturated rings. The van der Waals surface area contributed by atoms with Gasteiger partial charge in [0, 0.05) is 32.4 Å². The van der Waals surface area contributed by atoms with E-state index >= 15 is 0 Å². The first-order chi connectivity index (χ1) is 12.3. The van der Waals surface area contributed by atoms with Crippen LogP contribution in [-0.2, 0) is 9.47 Å². The Labute approximate surface area is 151 Å². The average molecular weight is 355 g/mol. The van der Waals surface area contributed by atoms with Crippen LogP contribution in [0.1, 0.15) is 5.69 Å². The second-order valence-corrected chi connectivity index (χ2v) is 7.22. The van der Waals surface area contributed by atoms with Crippen molar-refractivity contribution in [3.63, 3.8) is 0 Å². The Morgan fingerprint density at radius 2 is 2.16 bits per heavy atom. The molecule has 4 rings (SSSR count). The topological polar surface area (TPSA) is 49.9 Å². The number of benzene rings is 1. The fourth-order valence-electron chi connectivity index (χ4n) is 3.22. The van der Waals surface area contributed by atoms with Crippen molar-refractivity contribution in [1.82, 2.24) is 4.98 Å². The Morgan fingerprint density at radius 1 is 1.28 bits per heavy atom. The number of para-hydroxylation sites is 1. The average Bonchev–Trinajstić information content (AvgIpc) is 3.30. The molecule has 0 amide bonds. The van der Waals surface area contributed by atoms with E-state index in [1.165, 1.54) is 11.1 Å². The summed E-state index contributed by atoms with van der Waals surface area (Å²) >= 11 is 1.71. The number of methoxy groups -OCH3 is 2. The minimum Gasteiger partial charge on any atom is -0.355 e. The van der Waals surface area contributed by atoms with Gasteiger partial charge in [0.2, 0.25) is 0 Å². The number of nitrogens with zero attached hydrogens (tertiary/aromatic N) is 2. The lowest BCUT2D eigenvalue weighted by molar-refractivity contribution is -0.0994. The molecule has 130 valence electrons. The number of allylic oxidation sites excluding steroid dienone is 2. The van der Waals surface area contributed by atoms with E-state index in [4.69, 9.17) is 14.5 Å². The molecule has 1 atom stereocenters. The number of fused-ring (bicyclic) bond motifs is 1. The van der Waals surface area contributed by atoms with Gasteiger partial charge in [-0.25, -0.2) is 0 Å². The summed E-state index contributed by atoms with van der Waals surface area (Å²) < 4.78 is 10.8. The molecule has 1 N–H and O–H groups in total. The summed E-state index contributed by atoms with van der Waals surface area (Å²) in [6, 6.07) is 8.54. The molecule has 6 heteroatoms. The number of aromatic nitrogens is 1. The van der Waals surface area contributed by atoms with E-state index in [9.17, 15) is 0 Å². The van der Waals surface area contributed by atoms with E-state index < -0.39 is 0 Å². The normalized spacial score (nSPS) is 20.0. The first-order valence-electron chi connectivity index (χ1n) is 8.29. The van der Waals surface area contributed by atoms with Crippen LogP contribution in [0.3, 0.4) is 0 Å². The number of nitrogens with one attached hydrogen (secondary N) is 1. The summed E-state index contributed by atoms with van der Waals surface area (Å²) in [5.74, 6) is 0. The van der Waals surface area contributed by atoms with Gasteiger partial charge in [-0.1, -0.05) is 36.0 Å². The van der Waals surface area contributed by atoms with Crippen LogP contribution in [0.15, 0.2) is 53.7 Å². The Kier molecular flexibility index (Phi) is 4.65. The zero-order chi connectivity index (χ0) is 17.2. The van der Waals surface area contributed by atoms with Crippen LogP contribution in [-0.4, -0.2) is 48.9 Å². The number of anilines is 1.